The summed E-state index contributed by atoms with van der Waals surface area (Å²) in [4.78, 5) is 8.72. The normalized spacial score (nSPS) is 12.5. The molecule has 1 atom stereocenters. The Morgan fingerprint density at radius 1 is 1.32 bits per heavy atom. The van der Waals surface area contributed by atoms with Crippen molar-refractivity contribution in [3.63, 3.8) is 0 Å². The van der Waals surface area contributed by atoms with Crippen LogP contribution in [0.25, 0.3) is 10.2 Å². The lowest BCUT2D eigenvalue weighted by Gasteiger charge is -2.14. The fourth-order valence-corrected chi connectivity index (χ4v) is 2.79. The number of hydrogen-bond donors (Lipinski definition) is 1. The van der Waals surface area contributed by atoms with Gasteiger partial charge in [0.25, 0.3) is 0 Å². The molecule has 3 aromatic heterocycles. The van der Waals surface area contributed by atoms with Gasteiger partial charge in [-0.2, -0.15) is 0 Å². The van der Waals surface area contributed by atoms with Crippen molar-refractivity contribution in [3.8, 4) is 5.75 Å². The number of rotatable bonds is 3. The van der Waals surface area contributed by atoms with E-state index >= 15 is 0 Å². The number of nitrogens with zero attached hydrogens (tertiary/aromatic N) is 2. The van der Waals surface area contributed by atoms with Gasteiger partial charge in [0.05, 0.1) is 23.4 Å². The van der Waals surface area contributed by atoms with E-state index in [4.69, 9.17) is 10.5 Å². The van der Waals surface area contributed by atoms with Crippen LogP contribution in [0.1, 0.15) is 17.3 Å². The summed E-state index contributed by atoms with van der Waals surface area (Å²) in [6, 6.07) is 7.41. The van der Waals surface area contributed by atoms with Crippen LogP contribution in [-0.2, 0) is 0 Å². The molecule has 0 saturated carbocycles. The van der Waals surface area contributed by atoms with Crippen LogP contribution in [0.5, 0.6) is 5.75 Å². The first-order valence-electron chi connectivity index (χ1n) is 5.87. The number of nitrogens with two attached hydrogens (primary N) is 1. The highest BCUT2D eigenvalue weighted by molar-refractivity contribution is 7.17. The lowest BCUT2D eigenvalue weighted by atomic mass is 10.1. The van der Waals surface area contributed by atoms with Crippen LogP contribution in [0.2, 0.25) is 0 Å². The van der Waals surface area contributed by atoms with Gasteiger partial charge in [0.1, 0.15) is 11.4 Å². The first-order valence-corrected chi connectivity index (χ1v) is 6.75. The first-order chi connectivity index (χ1) is 9.29. The number of methoxy groups -OCH3 is 1. The van der Waals surface area contributed by atoms with Gasteiger partial charge in [-0.25, -0.2) is 0 Å². The van der Waals surface area contributed by atoms with Gasteiger partial charge in [-0.15, -0.1) is 11.3 Å². The molecule has 5 heteroatoms. The average molecular weight is 271 g/mol. The van der Waals surface area contributed by atoms with E-state index in [0.717, 1.165) is 21.5 Å². The summed E-state index contributed by atoms with van der Waals surface area (Å²) in [5.74, 6) is 0.696. The topological polar surface area (TPSA) is 61.0 Å². The van der Waals surface area contributed by atoms with E-state index in [-0.39, 0.29) is 6.04 Å². The molecule has 1 unspecified atom stereocenters. The van der Waals surface area contributed by atoms with Gasteiger partial charge in [0.2, 0.25) is 0 Å². The second-order valence-electron chi connectivity index (χ2n) is 4.14. The van der Waals surface area contributed by atoms with E-state index in [1.807, 2.05) is 23.6 Å². The average Bonchev–Trinajstić information content (AvgIpc) is 2.93. The van der Waals surface area contributed by atoms with Crippen LogP contribution in [0.15, 0.2) is 42.0 Å². The molecule has 0 saturated heterocycles. The Morgan fingerprint density at radius 2 is 2.21 bits per heavy atom. The van der Waals surface area contributed by atoms with Crippen LogP contribution < -0.4 is 10.5 Å². The molecule has 0 aliphatic carbocycles. The Hall–Kier alpha value is -1.98. The zero-order valence-corrected chi connectivity index (χ0v) is 11.2. The molecule has 0 amide bonds. The Labute approximate surface area is 114 Å². The minimum absolute atomic E-state index is 0.338. The molecule has 0 spiro atoms. The van der Waals surface area contributed by atoms with E-state index in [1.165, 1.54) is 0 Å². The lowest BCUT2D eigenvalue weighted by molar-refractivity contribution is 0.404. The van der Waals surface area contributed by atoms with Crippen LogP contribution in [-0.4, -0.2) is 17.1 Å². The van der Waals surface area contributed by atoms with E-state index < -0.39 is 0 Å². The molecule has 0 aliphatic heterocycles. The number of pyridine rings is 2. The molecular weight excluding hydrogens is 258 g/mol. The Balaban J connectivity index is 2.04. The predicted octanol–water partition coefficient (Wildman–Crippen LogP) is 2.75. The van der Waals surface area contributed by atoms with Crippen molar-refractivity contribution in [1.82, 2.24) is 9.97 Å². The van der Waals surface area contributed by atoms with Gasteiger partial charge < -0.3 is 10.5 Å². The minimum Gasteiger partial charge on any atom is -0.495 e. The summed E-state index contributed by atoms with van der Waals surface area (Å²) < 4.78 is 6.43. The molecule has 3 aromatic rings. The van der Waals surface area contributed by atoms with Crippen LogP contribution in [0.3, 0.4) is 0 Å². The highest BCUT2D eigenvalue weighted by Crippen LogP contribution is 2.28. The number of hydrogen-bond acceptors (Lipinski definition) is 5. The maximum absolute atomic E-state index is 6.27. The van der Waals surface area contributed by atoms with Gasteiger partial charge in [-0.1, -0.05) is 0 Å². The summed E-state index contributed by atoms with van der Waals surface area (Å²) in [5.41, 5.74) is 8.93. The molecule has 0 fully saturated rings. The highest BCUT2D eigenvalue weighted by atomic mass is 32.1. The molecule has 3 heterocycles. The fraction of sp³-hybridized carbons (Fsp3) is 0.143. The smallest absolute Gasteiger partial charge is 0.142 e. The van der Waals surface area contributed by atoms with Crippen molar-refractivity contribution < 1.29 is 4.74 Å². The van der Waals surface area contributed by atoms with Crippen molar-refractivity contribution >= 4 is 21.6 Å². The standard InChI is InChI=1S/C14H13N3OS/c1-18-11-3-2-5-16-14(11)13(15)9-7-12-10(17-8-9)4-6-19-12/h2-8,13H,15H2,1H3. The van der Waals surface area contributed by atoms with Crippen LogP contribution >= 0.6 is 11.3 Å². The molecule has 96 valence electrons. The van der Waals surface area contributed by atoms with Crippen LogP contribution in [0, 0.1) is 0 Å². The number of ether oxygens (including phenoxy) is 1. The maximum atomic E-state index is 6.27. The third-order valence-electron chi connectivity index (χ3n) is 3.00. The monoisotopic (exact) mass is 271 g/mol. The third-order valence-corrected chi connectivity index (χ3v) is 3.85. The van der Waals surface area contributed by atoms with E-state index in [9.17, 15) is 0 Å². The molecule has 3 rings (SSSR count). The third kappa shape index (κ3) is 2.18. The molecule has 19 heavy (non-hydrogen) atoms. The molecule has 0 bridgehead atoms. The summed E-state index contributed by atoms with van der Waals surface area (Å²) >= 11 is 1.65. The molecule has 0 aliphatic rings. The number of aromatic nitrogens is 2. The van der Waals surface area contributed by atoms with E-state index in [1.54, 1.807) is 30.8 Å². The maximum Gasteiger partial charge on any atom is 0.142 e. The van der Waals surface area contributed by atoms with Crippen molar-refractivity contribution in [2.24, 2.45) is 5.73 Å². The van der Waals surface area contributed by atoms with E-state index in [0.29, 0.717) is 5.75 Å². The van der Waals surface area contributed by atoms with Gasteiger partial charge >= 0.3 is 0 Å². The van der Waals surface area contributed by atoms with Crippen LogP contribution in [0.4, 0.5) is 0 Å². The van der Waals surface area contributed by atoms with Gasteiger partial charge in [0.15, 0.2) is 0 Å². The fourth-order valence-electron chi connectivity index (χ4n) is 2.00. The zero-order valence-electron chi connectivity index (χ0n) is 10.4. The predicted molar refractivity (Wildman–Crippen MR) is 76.4 cm³/mol. The van der Waals surface area contributed by atoms with Gasteiger partial charge in [0, 0.05) is 12.4 Å². The minimum atomic E-state index is -0.338. The first kappa shape index (κ1) is 12.1. The largest absolute Gasteiger partial charge is 0.495 e. The van der Waals surface area contributed by atoms with Crippen molar-refractivity contribution in [2.45, 2.75) is 6.04 Å². The van der Waals surface area contributed by atoms with Gasteiger partial charge in [-0.05, 0) is 35.2 Å². The Morgan fingerprint density at radius 3 is 3.05 bits per heavy atom. The summed E-state index contributed by atoms with van der Waals surface area (Å²) in [6.45, 7) is 0. The van der Waals surface area contributed by atoms with Crippen molar-refractivity contribution in [2.75, 3.05) is 7.11 Å². The summed E-state index contributed by atoms with van der Waals surface area (Å²) in [5, 5.41) is 2.02. The summed E-state index contributed by atoms with van der Waals surface area (Å²) in [6.07, 6.45) is 3.52. The Bertz CT molecular complexity index is 710. The second kappa shape index (κ2) is 4.95. The highest BCUT2D eigenvalue weighted by Gasteiger charge is 2.16. The molecule has 0 radical (unpaired) electrons. The lowest BCUT2D eigenvalue weighted by Crippen LogP contribution is -2.14. The Kier molecular flexibility index (Phi) is 3.15. The number of fused-ring (bicyclic) bond motifs is 1. The van der Waals surface area contributed by atoms with Crippen molar-refractivity contribution in [3.05, 3.63) is 53.3 Å². The molecular formula is C14H13N3OS. The van der Waals surface area contributed by atoms with Gasteiger partial charge in [-0.3, -0.25) is 9.97 Å². The molecule has 2 N–H and O–H groups in total. The van der Waals surface area contributed by atoms with Crippen molar-refractivity contribution in [1.29, 1.82) is 0 Å². The quantitative estimate of drug-likeness (QED) is 0.795. The zero-order chi connectivity index (χ0) is 13.2. The SMILES string of the molecule is COc1cccnc1C(N)c1cnc2ccsc2c1. The summed E-state index contributed by atoms with van der Waals surface area (Å²) in [7, 11) is 1.62. The number of thiophene rings is 1. The second-order valence-corrected chi connectivity index (χ2v) is 5.09. The molecule has 4 nitrogen and oxygen atoms in total. The van der Waals surface area contributed by atoms with E-state index in [2.05, 4.69) is 16.0 Å². The molecule has 0 aromatic carbocycles.